The summed E-state index contributed by atoms with van der Waals surface area (Å²) in [5, 5.41) is 0. The van der Waals surface area contributed by atoms with Gasteiger partial charge in [-0.2, -0.15) is 0 Å². The Hall–Kier alpha value is -2.69. The molecule has 2 aromatic carbocycles. The van der Waals surface area contributed by atoms with Crippen molar-refractivity contribution in [2.45, 2.75) is 32.2 Å². The molecular formula is C21H23FN2O2. The number of likely N-dealkylation sites (N-methyl/N-ethyl adjacent to an activating group) is 1. The Morgan fingerprint density at radius 1 is 1.15 bits per heavy atom. The van der Waals surface area contributed by atoms with Crippen LogP contribution in [0.1, 0.15) is 36.9 Å². The minimum Gasteiger partial charge on any atom is -0.339 e. The van der Waals surface area contributed by atoms with E-state index in [1.54, 1.807) is 29.0 Å². The summed E-state index contributed by atoms with van der Waals surface area (Å²) in [6.07, 6.45) is 1.79. The number of amides is 2. The fourth-order valence-corrected chi connectivity index (χ4v) is 3.20. The molecule has 3 rings (SSSR count). The van der Waals surface area contributed by atoms with Crippen LogP contribution in [0.2, 0.25) is 0 Å². The molecule has 0 bridgehead atoms. The third-order valence-corrected chi connectivity index (χ3v) is 5.00. The van der Waals surface area contributed by atoms with Crippen LogP contribution in [0, 0.1) is 5.82 Å². The maximum absolute atomic E-state index is 13.1. The first-order valence-electron chi connectivity index (χ1n) is 8.86. The fraction of sp³-hybridized carbons (Fsp3) is 0.333. The van der Waals surface area contributed by atoms with Crippen LogP contribution in [0.4, 0.5) is 10.1 Å². The Labute approximate surface area is 153 Å². The number of hydrogen-bond donors (Lipinski definition) is 0. The van der Waals surface area contributed by atoms with Crippen molar-refractivity contribution in [1.29, 1.82) is 0 Å². The average molecular weight is 354 g/mol. The van der Waals surface area contributed by atoms with Crippen molar-refractivity contribution in [3.05, 3.63) is 65.5 Å². The summed E-state index contributed by atoms with van der Waals surface area (Å²) in [5.74, 6) is -0.139. The van der Waals surface area contributed by atoms with E-state index < -0.39 is 0 Å². The molecule has 0 aliphatic carbocycles. The molecule has 1 unspecified atom stereocenters. The van der Waals surface area contributed by atoms with Crippen LogP contribution in [0.25, 0.3) is 0 Å². The van der Waals surface area contributed by atoms with E-state index in [1.807, 2.05) is 31.2 Å². The van der Waals surface area contributed by atoms with Gasteiger partial charge in [-0.15, -0.1) is 0 Å². The van der Waals surface area contributed by atoms with Gasteiger partial charge in [0.2, 0.25) is 11.8 Å². The molecular weight excluding hydrogens is 331 g/mol. The molecule has 1 aliphatic rings. The van der Waals surface area contributed by atoms with Crippen LogP contribution in [0.15, 0.2) is 48.5 Å². The molecule has 1 heterocycles. The van der Waals surface area contributed by atoms with Gasteiger partial charge in [0.1, 0.15) is 5.82 Å². The molecule has 0 spiro atoms. The van der Waals surface area contributed by atoms with E-state index in [1.165, 1.54) is 12.1 Å². The van der Waals surface area contributed by atoms with Crippen molar-refractivity contribution in [3.63, 3.8) is 0 Å². The average Bonchev–Trinajstić information content (AvgIpc) is 3.07. The van der Waals surface area contributed by atoms with Crippen LogP contribution in [-0.4, -0.2) is 30.3 Å². The summed E-state index contributed by atoms with van der Waals surface area (Å²) < 4.78 is 13.1. The van der Waals surface area contributed by atoms with Crippen LogP contribution in [0.5, 0.6) is 0 Å². The summed E-state index contributed by atoms with van der Waals surface area (Å²) in [7, 11) is 1.76. The van der Waals surface area contributed by atoms with Gasteiger partial charge in [-0.3, -0.25) is 9.59 Å². The number of anilines is 1. The lowest BCUT2D eigenvalue weighted by atomic mass is 10.1. The molecule has 1 saturated heterocycles. The third-order valence-electron chi connectivity index (χ3n) is 5.00. The van der Waals surface area contributed by atoms with Crippen LogP contribution in [-0.2, 0) is 16.0 Å². The lowest BCUT2D eigenvalue weighted by Crippen LogP contribution is -2.31. The predicted molar refractivity (Wildman–Crippen MR) is 99.3 cm³/mol. The normalized spacial score (nSPS) is 15.2. The zero-order valence-corrected chi connectivity index (χ0v) is 15.1. The zero-order chi connectivity index (χ0) is 18.7. The zero-order valence-electron chi connectivity index (χ0n) is 15.1. The summed E-state index contributed by atoms with van der Waals surface area (Å²) in [4.78, 5) is 27.8. The lowest BCUT2D eigenvalue weighted by Gasteiger charge is -2.25. The van der Waals surface area contributed by atoms with E-state index in [2.05, 4.69) is 0 Å². The highest BCUT2D eigenvalue weighted by Crippen LogP contribution is 2.23. The Balaban J connectivity index is 1.63. The Morgan fingerprint density at radius 3 is 2.38 bits per heavy atom. The van der Waals surface area contributed by atoms with Crippen molar-refractivity contribution < 1.29 is 14.0 Å². The second-order valence-corrected chi connectivity index (χ2v) is 6.72. The lowest BCUT2D eigenvalue weighted by molar-refractivity contribution is -0.131. The van der Waals surface area contributed by atoms with Gasteiger partial charge in [0.15, 0.2) is 0 Å². The predicted octanol–water partition coefficient (Wildman–Crippen LogP) is 3.71. The maximum Gasteiger partial charge on any atom is 0.227 e. The van der Waals surface area contributed by atoms with Crippen molar-refractivity contribution in [2.24, 2.45) is 0 Å². The SMILES string of the molecule is CC(c1ccc(F)cc1)N(C)C(=O)Cc1ccc(N2CCCC2=O)cc1. The Morgan fingerprint density at radius 2 is 1.81 bits per heavy atom. The minimum atomic E-state index is -0.286. The van der Waals surface area contributed by atoms with Gasteiger partial charge < -0.3 is 9.80 Å². The van der Waals surface area contributed by atoms with Crippen molar-refractivity contribution in [3.8, 4) is 0 Å². The number of carbonyl (C=O) groups excluding carboxylic acids is 2. The first-order valence-corrected chi connectivity index (χ1v) is 8.86. The Kier molecular flexibility index (Phi) is 5.35. The van der Waals surface area contributed by atoms with Crippen molar-refractivity contribution in [1.82, 2.24) is 4.90 Å². The topological polar surface area (TPSA) is 40.6 Å². The quantitative estimate of drug-likeness (QED) is 0.821. The van der Waals surface area contributed by atoms with E-state index in [0.29, 0.717) is 6.42 Å². The van der Waals surface area contributed by atoms with Gasteiger partial charge in [0, 0.05) is 25.7 Å². The molecule has 4 nitrogen and oxygen atoms in total. The highest BCUT2D eigenvalue weighted by Gasteiger charge is 2.22. The van der Waals surface area contributed by atoms with Crippen LogP contribution < -0.4 is 4.90 Å². The molecule has 26 heavy (non-hydrogen) atoms. The fourth-order valence-electron chi connectivity index (χ4n) is 3.20. The van der Waals surface area contributed by atoms with Crippen molar-refractivity contribution >= 4 is 17.5 Å². The van der Waals surface area contributed by atoms with Crippen LogP contribution in [0.3, 0.4) is 0 Å². The molecule has 1 atom stereocenters. The standard InChI is InChI=1S/C21H23FN2O2/c1-15(17-7-9-18(22)10-8-17)23(2)21(26)14-16-5-11-19(12-6-16)24-13-3-4-20(24)25/h5-12,15H,3-4,13-14H2,1-2H3. The second-order valence-electron chi connectivity index (χ2n) is 6.72. The largest absolute Gasteiger partial charge is 0.339 e. The molecule has 0 radical (unpaired) electrons. The van der Waals surface area contributed by atoms with Gasteiger partial charge in [0.25, 0.3) is 0 Å². The molecule has 5 heteroatoms. The Bertz CT molecular complexity index is 787. The van der Waals surface area contributed by atoms with Crippen molar-refractivity contribution in [2.75, 3.05) is 18.5 Å². The first kappa shape index (κ1) is 18.1. The summed E-state index contributed by atoms with van der Waals surface area (Å²) in [6, 6.07) is 13.7. The summed E-state index contributed by atoms with van der Waals surface area (Å²) >= 11 is 0. The summed E-state index contributed by atoms with van der Waals surface area (Å²) in [6.45, 7) is 2.68. The molecule has 0 saturated carbocycles. The molecule has 1 fully saturated rings. The minimum absolute atomic E-state index is 0.00757. The number of rotatable bonds is 5. The van der Waals surface area contributed by atoms with Crippen LogP contribution >= 0.6 is 0 Å². The van der Waals surface area contributed by atoms with Gasteiger partial charge in [-0.25, -0.2) is 4.39 Å². The van der Waals surface area contributed by atoms with Gasteiger partial charge >= 0.3 is 0 Å². The number of hydrogen-bond acceptors (Lipinski definition) is 2. The second kappa shape index (κ2) is 7.68. The smallest absolute Gasteiger partial charge is 0.227 e. The molecule has 0 N–H and O–H groups in total. The molecule has 0 aromatic heterocycles. The highest BCUT2D eigenvalue weighted by molar-refractivity contribution is 5.95. The van der Waals surface area contributed by atoms with Gasteiger partial charge in [0.05, 0.1) is 12.5 Å². The number of benzene rings is 2. The number of nitrogens with zero attached hydrogens (tertiary/aromatic N) is 2. The molecule has 2 amide bonds. The molecule has 2 aromatic rings. The maximum atomic E-state index is 13.1. The number of carbonyl (C=O) groups is 2. The van der Waals surface area contributed by atoms with E-state index in [9.17, 15) is 14.0 Å². The summed E-state index contributed by atoms with van der Waals surface area (Å²) in [5.41, 5.74) is 2.69. The van der Waals surface area contributed by atoms with E-state index in [0.717, 1.165) is 29.8 Å². The monoisotopic (exact) mass is 354 g/mol. The molecule has 1 aliphatic heterocycles. The van der Waals surface area contributed by atoms with E-state index in [4.69, 9.17) is 0 Å². The van der Waals surface area contributed by atoms with Gasteiger partial charge in [-0.1, -0.05) is 24.3 Å². The first-order chi connectivity index (χ1) is 12.5. The van der Waals surface area contributed by atoms with E-state index in [-0.39, 0.29) is 30.1 Å². The highest BCUT2D eigenvalue weighted by atomic mass is 19.1. The molecule has 136 valence electrons. The number of halogens is 1. The van der Waals surface area contributed by atoms with Gasteiger partial charge in [-0.05, 0) is 48.7 Å². The van der Waals surface area contributed by atoms with E-state index >= 15 is 0 Å². The third kappa shape index (κ3) is 3.93.